The van der Waals surface area contributed by atoms with Gasteiger partial charge in [-0.25, -0.2) is 0 Å². The number of piperazine rings is 1. The van der Waals surface area contributed by atoms with E-state index in [1.807, 2.05) is 30.5 Å². The van der Waals surface area contributed by atoms with Gasteiger partial charge in [0.2, 0.25) is 11.8 Å². The number of nitrogens with one attached hydrogen (secondary N) is 1. The molecule has 1 heterocycles. The quantitative estimate of drug-likeness (QED) is 0.917. The first-order valence-electron chi connectivity index (χ1n) is 7.73. The molecular weight excluding hydrogens is 308 g/mol. The second-order valence-corrected chi connectivity index (χ2v) is 6.72. The fraction of sp³-hybridized carbons (Fsp3) is 0.333. The number of carbonyl (C=O) groups is 2. The lowest BCUT2D eigenvalue weighted by molar-refractivity contribution is -0.144. The smallest absolute Gasteiger partial charge is 0.245 e. The Hall–Kier alpha value is -2.01. The minimum atomic E-state index is -0.390. The number of hydrogen-bond donors (Lipinski definition) is 1. The van der Waals surface area contributed by atoms with Crippen molar-refractivity contribution in [3.63, 3.8) is 0 Å². The van der Waals surface area contributed by atoms with Crippen molar-refractivity contribution in [3.8, 4) is 0 Å². The van der Waals surface area contributed by atoms with Crippen LogP contribution >= 0.6 is 11.8 Å². The normalized spacial score (nSPS) is 18.3. The predicted molar refractivity (Wildman–Crippen MR) is 94.3 cm³/mol. The third-order valence-electron chi connectivity index (χ3n) is 4.13. The zero-order chi connectivity index (χ0) is 16.2. The number of fused-ring (bicyclic) bond motifs is 1. The Morgan fingerprint density at radius 3 is 2.78 bits per heavy atom. The van der Waals surface area contributed by atoms with Gasteiger partial charge in [-0.2, -0.15) is 11.8 Å². The van der Waals surface area contributed by atoms with E-state index in [0.29, 0.717) is 13.0 Å². The molecule has 1 unspecified atom stereocenters. The zero-order valence-electron chi connectivity index (χ0n) is 13.1. The SMILES string of the molecule is CSCCC1NC(=O)CN(Cc2cccc3ccccc23)C1=O. The van der Waals surface area contributed by atoms with Crippen molar-refractivity contribution in [1.82, 2.24) is 10.2 Å². The van der Waals surface area contributed by atoms with Gasteiger partial charge in [0.05, 0.1) is 6.54 Å². The lowest BCUT2D eigenvalue weighted by atomic mass is 10.0. The molecule has 1 aliphatic rings. The maximum atomic E-state index is 12.6. The summed E-state index contributed by atoms with van der Waals surface area (Å²) in [5, 5.41) is 5.09. The summed E-state index contributed by atoms with van der Waals surface area (Å²) in [4.78, 5) is 26.2. The topological polar surface area (TPSA) is 49.4 Å². The van der Waals surface area contributed by atoms with E-state index in [-0.39, 0.29) is 18.4 Å². The summed E-state index contributed by atoms with van der Waals surface area (Å²) in [6, 6.07) is 13.8. The van der Waals surface area contributed by atoms with E-state index in [2.05, 4.69) is 23.5 Å². The molecule has 0 spiro atoms. The van der Waals surface area contributed by atoms with Crippen LogP contribution in [0.3, 0.4) is 0 Å². The predicted octanol–water partition coefficient (Wildman–Crippen LogP) is 2.42. The maximum Gasteiger partial charge on any atom is 0.245 e. The van der Waals surface area contributed by atoms with Gasteiger partial charge in [-0.15, -0.1) is 0 Å². The highest BCUT2D eigenvalue weighted by Crippen LogP contribution is 2.21. The van der Waals surface area contributed by atoms with Gasteiger partial charge < -0.3 is 10.2 Å². The van der Waals surface area contributed by atoms with Crippen molar-refractivity contribution in [3.05, 3.63) is 48.0 Å². The van der Waals surface area contributed by atoms with Crippen molar-refractivity contribution in [2.75, 3.05) is 18.6 Å². The molecule has 1 fully saturated rings. The van der Waals surface area contributed by atoms with E-state index in [1.165, 1.54) is 0 Å². The molecule has 0 aromatic heterocycles. The fourth-order valence-electron chi connectivity index (χ4n) is 2.97. The van der Waals surface area contributed by atoms with E-state index < -0.39 is 6.04 Å². The number of carbonyl (C=O) groups excluding carboxylic acids is 2. The number of nitrogens with zero attached hydrogens (tertiary/aromatic N) is 1. The van der Waals surface area contributed by atoms with Crippen LogP contribution in [0.2, 0.25) is 0 Å². The molecule has 2 aromatic carbocycles. The molecule has 1 aliphatic heterocycles. The van der Waals surface area contributed by atoms with Gasteiger partial charge in [0.15, 0.2) is 0 Å². The molecule has 1 atom stereocenters. The van der Waals surface area contributed by atoms with Gasteiger partial charge in [0, 0.05) is 6.54 Å². The van der Waals surface area contributed by atoms with Gasteiger partial charge in [-0.3, -0.25) is 9.59 Å². The van der Waals surface area contributed by atoms with Crippen LogP contribution in [0.15, 0.2) is 42.5 Å². The van der Waals surface area contributed by atoms with Crippen LogP contribution in [-0.4, -0.2) is 41.3 Å². The molecule has 2 amide bonds. The van der Waals surface area contributed by atoms with Gasteiger partial charge in [-0.05, 0) is 34.8 Å². The van der Waals surface area contributed by atoms with Gasteiger partial charge in [-0.1, -0.05) is 42.5 Å². The van der Waals surface area contributed by atoms with Crippen LogP contribution in [0, 0.1) is 0 Å². The van der Waals surface area contributed by atoms with Crippen molar-refractivity contribution in [2.24, 2.45) is 0 Å². The van der Waals surface area contributed by atoms with Gasteiger partial charge in [0.1, 0.15) is 6.04 Å². The molecule has 1 saturated heterocycles. The summed E-state index contributed by atoms with van der Waals surface area (Å²) in [5.41, 5.74) is 1.08. The molecule has 3 rings (SSSR count). The number of rotatable bonds is 5. The standard InChI is InChI=1S/C18H20N2O2S/c1-23-10-9-16-18(22)20(12-17(21)19-16)11-14-7-4-6-13-5-2-3-8-15(13)14/h2-8,16H,9-12H2,1H3,(H,19,21). The van der Waals surface area contributed by atoms with Crippen LogP contribution in [0.1, 0.15) is 12.0 Å². The summed E-state index contributed by atoms with van der Waals surface area (Å²) >= 11 is 1.68. The Kier molecular flexibility index (Phi) is 4.86. The number of benzene rings is 2. The molecule has 0 aliphatic carbocycles. The lowest BCUT2D eigenvalue weighted by Crippen LogP contribution is -2.57. The molecule has 0 radical (unpaired) electrons. The van der Waals surface area contributed by atoms with Crippen LogP contribution in [0.5, 0.6) is 0 Å². The largest absolute Gasteiger partial charge is 0.343 e. The first-order valence-corrected chi connectivity index (χ1v) is 9.12. The minimum absolute atomic E-state index is 0.0200. The number of amides is 2. The summed E-state index contributed by atoms with van der Waals surface area (Å²) in [7, 11) is 0. The van der Waals surface area contributed by atoms with Crippen LogP contribution in [0.25, 0.3) is 10.8 Å². The zero-order valence-corrected chi connectivity index (χ0v) is 13.9. The van der Waals surface area contributed by atoms with Crippen LogP contribution < -0.4 is 5.32 Å². The Bertz CT molecular complexity index is 727. The minimum Gasteiger partial charge on any atom is -0.343 e. The van der Waals surface area contributed by atoms with E-state index in [1.54, 1.807) is 16.7 Å². The van der Waals surface area contributed by atoms with E-state index in [4.69, 9.17) is 0 Å². The number of hydrogen-bond acceptors (Lipinski definition) is 3. The van der Waals surface area contributed by atoms with Gasteiger partial charge >= 0.3 is 0 Å². The molecule has 0 bridgehead atoms. The third kappa shape index (κ3) is 3.50. The molecule has 4 nitrogen and oxygen atoms in total. The Morgan fingerprint density at radius 1 is 1.17 bits per heavy atom. The molecule has 23 heavy (non-hydrogen) atoms. The van der Waals surface area contributed by atoms with Gasteiger partial charge in [0.25, 0.3) is 0 Å². The van der Waals surface area contributed by atoms with E-state index in [9.17, 15) is 9.59 Å². The van der Waals surface area contributed by atoms with Crippen LogP contribution in [-0.2, 0) is 16.1 Å². The average Bonchev–Trinajstić information content (AvgIpc) is 2.57. The first-order chi connectivity index (χ1) is 11.2. The highest BCUT2D eigenvalue weighted by atomic mass is 32.2. The van der Waals surface area contributed by atoms with E-state index in [0.717, 1.165) is 22.1 Å². The average molecular weight is 328 g/mol. The molecule has 1 N–H and O–H groups in total. The second-order valence-electron chi connectivity index (χ2n) is 5.73. The maximum absolute atomic E-state index is 12.6. The molecule has 5 heteroatoms. The Balaban J connectivity index is 1.82. The molecular formula is C18H20N2O2S. The molecule has 120 valence electrons. The monoisotopic (exact) mass is 328 g/mol. The lowest BCUT2D eigenvalue weighted by Gasteiger charge is -2.32. The van der Waals surface area contributed by atoms with Crippen molar-refractivity contribution >= 4 is 34.3 Å². The second kappa shape index (κ2) is 7.04. The number of thioether (sulfide) groups is 1. The van der Waals surface area contributed by atoms with E-state index >= 15 is 0 Å². The Morgan fingerprint density at radius 2 is 1.96 bits per heavy atom. The summed E-state index contributed by atoms with van der Waals surface area (Å²) in [6.07, 6.45) is 2.68. The highest BCUT2D eigenvalue weighted by molar-refractivity contribution is 7.98. The van der Waals surface area contributed by atoms with Crippen molar-refractivity contribution in [1.29, 1.82) is 0 Å². The summed E-state index contributed by atoms with van der Waals surface area (Å²) < 4.78 is 0. The summed E-state index contributed by atoms with van der Waals surface area (Å²) in [5.74, 6) is 0.807. The molecule has 2 aromatic rings. The fourth-order valence-corrected chi connectivity index (χ4v) is 3.45. The highest BCUT2D eigenvalue weighted by Gasteiger charge is 2.32. The van der Waals surface area contributed by atoms with Crippen molar-refractivity contribution < 1.29 is 9.59 Å². The third-order valence-corrected chi connectivity index (χ3v) is 4.78. The first kappa shape index (κ1) is 15.9. The summed E-state index contributed by atoms with van der Waals surface area (Å²) in [6.45, 7) is 0.612. The molecule has 0 saturated carbocycles. The van der Waals surface area contributed by atoms with Crippen LogP contribution in [0.4, 0.5) is 0 Å². The van der Waals surface area contributed by atoms with Crippen molar-refractivity contribution in [2.45, 2.75) is 19.0 Å². The Labute approximate surface area is 140 Å².